The lowest BCUT2D eigenvalue weighted by Crippen LogP contribution is -2.34. The van der Waals surface area contributed by atoms with Gasteiger partial charge in [0, 0.05) is 24.2 Å². The van der Waals surface area contributed by atoms with Crippen molar-refractivity contribution in [1.29, 1.82) is 0 Å². The van der Waals surface area contributed by atoms with Crippen molar-refractivity contribution in [3.63, 3.8) is 0 Å². The summed E-state index contributed by atoms with van der Waals surface area (Å²) in [5, 5.41) is 9.01. The van der Waals surface area contributed by atoms with Gasteiger partial charge in [0.2, 0.25) is 5.82 Å². The number of carbonyl (C=O) groups excluding carboxylic acids is 2. The fourth-order valence-corrected chi connectivity index (χ4v) is 2.75. The van der Waals surface area contributed by atoms with Crippen LogP contribution in [0.1, 0.15) is 34.9 Å². The molecule has 3 rings (SSSR count). The quantitative estimate of drug-likeness (QED) is 0.464. The molecule has 0 saturated heterocycles. The molecular weight excluding hydrogens is 419 g/mol. The van der Waals surface area contributed by atoms with Crippen LogP contribution >= 0.6 is 0 Å². The second-order valence-corrected chi connectivity index (χ2v) is 6.47. The van der Waals surface area contributed by atoms with Crippen molar-refractivity contribution < 1.29 is 28.0 Å². The van der Waals surface area contributed by atoms with Crippen LogP contribution in [0.5, 0.6) is 11.5 Å². The maximum absolute atomic E-state index is 13.0. The van der Waals surface area contributed by atoms with E-state index in [9.17, 15) is 14.0 Å². The monoisotopic (exact) mass is 442 g/mol. The third-order valence-corrected chi connectivity index (χ3v) is 4.22. The van der Waals surface area contributed by atoms with Crippen LogP contribution < -0.4 is 20.1 Å². The predicted octanol–water partition coefficient (Wildman–Crippen LogP) is 2.83. The van der Waals surface area contributed by atoms with Gasteiger partial charge in [0.05, 0.1) is 13.2 Å². The maximum Gasteiger partial charge on any atom is 0.316 e. The summed E-state index contributed by atoms with van der Waals surface area (Å²) in [6.45, 7) is 4.96. The Labute approximate surface area is 183 Å². The highest BCUT2D eigenvalue weighted by atomic mass is 19.1. The number of nitrogens with zero attached hydrogens (tertiary/aromatic N) is 2. The number of carbonyl (C=O) groups is 2. The van der Waals surface area contributed by atoms with E-state index in [-0.39, 0.29) is 30.7 Å². The highest BCUT2D eigenvalue weighted by Crippen LogP contribution is 2.28. The molecule has 9 nitrogen and oxygen atoms in total. The zero-order valence-electron chi connectivity index (χ0n) is 17.7. The number of nitrogens with one attached hydrogen (secondary N) is 2. The summed E-state index contributed by atoms with van der Waals surface area (Å²) in [7, 11) is 0. The predicted molar refractivity (Wildman–Crippen MR) is 113 cm³/mol. The number of benzene rings is 2. The molecule has 2 amide bonds. The van der Waals surface area contributed by atoms with Gasteiger partial charge in [-0.1, -0.05) is 5.16 Å². The molecule has 0 fully saturated rings. The second-order valence-electron chi connectivity index (χ2n) is 6.47. The van der Waals surface area contributed by atoms with Gasteiger partial charge in [-0.15, -0.1) is 0 Å². The van der Waals surface area contributed by atoms with Crippen molar-refractivity contribution in [3.8, 4) is 22.9 Å². The molecule has 0 radical (unpaired) electrons. The summed E-state index contributed by atoms with van der Waals surface area (Å²) in [6.07, 6.45) is 0. The summed E-state index contributed by atoms with van der Waals surface area (Å²) in [6, 6.07) is 10.4. The van der Waals surface area contributed by atoms with Crippen molar-refractivity contribution in [3.05, 3.63) is 59.7 Å². The number of halogens is 1. The maximum atomic E-state index is 13.0. The average Bonchev–Trinajstić information content (AvgIpc) is 3.29. The van der Waals surface area contributed by atoms with Crippen LogP contribution in [0.4, 0.5) is 4.39 Å². The first kappa shape index (κ1) is 22.7. The molecular formula is C22H23FN4O5. The molecule has 0 aliphatic rings. The Bertz CT molecular complexity index is 1070. The standard InChI is InChI=1S/C22H23FN4O5/c1-3-30-17-10-7-15(13-18(17)31-4-2)20(28)24-11-12-25-21(29)22-26-19(27-32-22)14-5-8-16(23)9-6-14/h5-10,13H,3-4,11-12H2,1-2H3,(H,24,28)(H,25,29). The fourth-order valence-electron chi connectivity index (χ4n) is 2.75. The van der Waals surface area contributed by atoms with E-state index in [2.05, 4.69) is 20.8 Å². The van der Waals surface area contributed by atoms with Gasteiger partial charge in [-0.3, -0.25) is 9.59 Å². The molecule has 0 aliphatic carbocycles. The van der Waals surface area contributed by atoms with Crippen molar-refractivity contribution >= 4 is 11.8 Å². The molecule has 2 N–H and O–H groups in total. The molecule has 0 saturated carbocycles. The molecule has 0 bridgehead atoms. The minimum absolute atomic E-state index is 0.147. The third kappa shape index (κ3) is 5.81. The number of rotatable bonds is 10. The molecule has 10 heteroatoms. The number of ether oxygens (including phenoxy) is 2. The van der Waals surface area contributed by atoms with Crippen LogP contribution in [-0.4, -0.2) is 48.3 Å². The lowest BCUT2D eigenvalue weighted by Gasteiger charge is -2.12. The molecule has 1 aromatic heterocycles. The minimum atomic E-state index is -0.584. The Balaban J connectivity index is 1.49. The van der Waals surface area contributed by atoms with E-state index >= 15 is 0 Å². The van der Waals surface area contributed by atoms with Crippen LogP contribution in [0.15, 0.2) is 47.0 Å². The van der Waals surface area contributed by atoms with Crippen molar-refractivity contribution in [1.82, 2.24) is 20.8 Å². The van der Waals surface area contributed by atoms with E-state index in [1.54, 1.807) is 18.2 Å². The molecule has 0 aliphatic heterocycles. The minimum Gasteiger partial charge on any atom is -0.490 e. The van der Waals surface area contributed by atoms with E-state index < -0.39 is 11.7 Å². The van der Waals surface area contributed by atoms with Gasteiger partial charge in [-0.2, -0.15) is 4.98 Å². The fraction of sp³-hybridized carbons (Fsp3) is 0.273. The van der Waals surface area contributed by atoms with Crippen molar-refractivity contribution in [2.45, 2.75) is 13.8 Å². The number of amides is 2. The molecule has 1 heterocycles. The Kier molecular flexibility index (Phi) is 7.74. The second kappa shape index (κ2) is 10.9. The molecule has 32 heavy (non-hydrogen) atoms. The molecule has 0 atom stereocenters. The first-order valence-corrected chi connectivity index (χ1v) is 10.1. The topological polar surface area (TPSA) is 116 Å². The van der Waals surface area contributed by atoms with E-state index in [1.165, 1.54) is 24.3 Å². The summed E-state index contributed by atoms with van der Waals surface area (Å²) < 4.78 is 29.0. The summed E-state index contributed by atoms with van der Waals surface area (Å²) in [5.41, 5.74) is 0.923. The van der Waals surface area contributed by atoms with Crippen LogP contribution in [-0.2, 0) is 0 Å². The van der Waals surface area contributed by atoms with Crippen molar-refractivity contribution in [2.24, 2.45) is 0 Å². The highest BCUT2D eigenvalue weighted by molar-refractivity contribution is 5.95. The van der Waals surface area contributed by atoms with Gasteiger partial charge in [-0.25, -0.2) is 4.39 Å². The van der Waals surface area contributed by atoms with Crippen LogP contribution in [0.2, 0.25) is 0 Å². The van der Waals surface area contributed by atoms with Gasteiger partial charge in [0.1, 0.15) is 5.82 Å². The lowest BCUT2D eigenvalue weighted by atomic mass is 10.2. The SMILES string of the molecule is CCOc1ccc(C(=O)NCCNC(=O)c2nc(-c3ccc(F)cc3)no2)cc1OCC. The average molecular weight is 442 g/mol. The van der Waals surface area contributed by atoms with Gasteiger partial charge >= 0.3 is 11.8 Å². The summed E-state index contributed by atoms with van der Waals surface area (Å²) >= 11 is 0. The Morgan fingerprint density at radius 3 is 2.28 bits per heavy atom. The largest absolute Gasteiger partial charge is 0.490 e. The molecule has 3 aromatic rings. The molecule has 0 unspecified atom stereocenters. The van der Waals surface area contributed by atoms with Crippen molar-refractivity contribution in [2.75, 3.05) is 26.3 Å². The van der Waals surface area contributed by atoms with Gasteiger partial charge in [-0.05, 0) is 56.3 Å². The van der Waals surface area contributed by atoms with E-state index in [0.29, 0.717) is 35.8 Å². The summed E-state index contributed by atoms with van der Waals surface area (Å²) in [5.74, 6) is -0.301. The highest BCUT2D eigenvalue weighted by Gasteiger charge is 2.16. The first-order chi connectivity index (χ1) is 15.5. The first-order valence-electron chi connectivity index (χ1n) is 10.1. The van der Waals surface area contributed by atoms with Gasteiger partial charge in [0.15, 0.2) is 11.5 Å². The van der Waals surface area contributed by atoms with Gasteiger partial charge in [0.25, 0.3) is 5.91 Å². The van der Waals surface area contributed by atoms with Crippen LogP contribution in [0.25, 0.3) is 11.4 Å². The normalized spacial score (nSPS) is 10.5. The van der Waals surface area contributed by atoms with Gasteiger partial charge < -0.3 is 24.6 Å². The zero-order valence-corrected chi connectivity index (χ0v) is 17.7. The lowest BCUT2D eigenvalue weighted by molar-refractivity contribution is 0.0898. The Morgan fingerprint density at radius 1 is 0.938 bits per heavy atom. The van der Waals surface area contributed by atoms with Crippen LogP contribution in [0, 0.1) is 5.82 Å². The third-order valence-electron chi connectivity index (χ3n) is 4.22. The Hall–Kier alpha value is -3.95. The van der Waals surface area contributed by atoms with E-state index in [4.69, 9.17) is 14.0 Å². The number of hydrogen-bond acceptors (Lipinski definition) is 7. The van der Waals surface area contributed by atoms with Crippen LogP contribution in [0.3, 0.4) is 0 Å². The van der Waals surface area contributed by atoms with E-state index in [0.717, 1.165) is 0 Å². The van der Waals surface area contributed by atoms with E-state index in [1.807, 2.05) is 13.8 Å². The summed E-state index contributed by atoms with van der Waals surface area (Å²) in [4.78, 5) is 28.5. The zero-order chi connectivity index (χ0) is 22.9. The molecule has 0 spiro atoms. The number of hydrogen-bond donors (Lipinski definition) is 2. The number of aromatic nitrogens is 2. The smallest absolute Gasteiger partial charge is 0.316 e. The molecule has 168 valence electrons. The molecule has 2 aromatic carbocycles. The Morgan fingerprint density at radius 2 is 1.59 bits per heavy atom.